The minimum atomic E-state index is -0.412. The molecule has 1 aliphatic rings. The highest BCUT2D eigenvalue weighted by Crippen LogP contribution is 2.29. The van der Waals surface area contributed by atoms with E-state index in [1.165, 1.54) is 7.05 Å². The number of carbonyl (C=O) groups is 2. The fraction of sp³-hybridized carbons (Fsp3) is 0.294. The van der Waals surface area contributed by atoms with Crippen molar-refractivity contribution in [3.8, 4) is 0 Å². The number of nitrogens with zero attached hydrogens (tertiary/aromatic N) is 3. The zero-order valence-electron chi connectivity index (χ0n) is 13.7. The summed E-state index contributed by atoms with van der Waals surface area (Å²) < 4.78 is 0. The number of para-hydroxylation sites is 1. The standard InChI is InChI=1S/C17H18ClN5O2/c1-19-16(24)12-8-9-15(22-21-12)20-13-6-4-10-23(17(13)25)14-7-3-2-5-11(14)18/h2-3,5,7-9,13H,4,6,10H2,1H3,(H,19,24)(H,20,22). The molecule has 3 rings (SSSR count). The van der Waals surface area contributed by atoms with E-state index in [9.17, 15) is 9.59 Å². The van der Waals surface area contributed by atoms with E-state index >= 15 is 0 Å². The van der Waals surface area contributed by atoms with E-state index in [0.29, 0.717) is 29.5 Å². The number of halogens is 1. The lowest BCUT2D eigenvalue weighted by Gasteiger charge is -2.33. The molecule has 7 nitrogen and oxygen atoms in total. The van der Waals surface area contributed by atoms with Gasteiger partial charge in [0, 0.05) is 13.6 Å². The lowest BCUT2D eigenvalue weighted by Crippen LogP contribution is -2.48. The van der Waals surface area contributed by atoms with Gasteiger partial charge in [-0.25, -0.2) is 0 Å². The molecule has 130 valence electrons. The largest absolute Gasteiger partial charge is 0.357 e. The molecule has 1 aliphatic heterocycles. The highest BCUT2D eigenvalue weighted by atomic mass is 35.5. The SMILES string of the molecule is CNC(=O)c1ccc(NC2CCCN(c3ccccc3Cl)C2=O)nn1. The fourth-order valence-corrected chi connectivity index (χ4v) is 2.99. The smallest absolute Gasteiger partial charge is 0.271 e. The summed E-state index contributed by atoms with van der Waals surface area (Å²) in [7, 11) is 1.53. The van der Waals surface area contributed by atoms with E-state index < -0.39 is 6.04 Å². The fourth-order valence-electron chi connectivity index (χ4n) is 2.76. The van der Waals surface area contributed by atoms with Crippen molar-refractivity contribution in [2.75, 3.05) is 23.8 Å². The van der Waals surface area contributed by atoms with Crippen molar-refractivity contribution in [2.24, 2.45) is 0 Å². The van der Waals surface area contributed by atoms with Crippen LogP contribution in [0.1, 0.15) is 23.3 Å². The van der Waals surface area contributed by atoms with Crippen molar-refractivity contribution in [1.29, 1.82) is 0 Å². The molecule has 2 aromatic rings. The zero-order chi connectivity index (χ0) is 17.8. The van der Waals surface area contributed by atoms with Crippen molar-refractivity contribution in [1.82, 2.24) is 15.5 Å². The Morgan fingerprint density at radius 1 is 1.24 bits per heavy atom. The first-order valence-electron chi connectivity index (χ1n) is 7.98. The van der Waals surface area contributed by atoms with Gasteiger partial charge in [0.15, 0.2) is 5.69 Å². The summed E-state index contributed by atoms with van der Waals surface area (Å²) in [6, 6.07) is 10.1. The molecule has 0 saturated carbocycles. The third-order valence-electron chi connectivity index (χ3n) is 4.03. The van der Waals surface area contributed by atoms with Crippen LogP contribution in [-0.2, 0) is 4.79 Å². The number of carbonyl (C=O) groups excluding carboxylic acids is 2. The second kappa shape index (κ2) is 7.48. The minimum Gasteiger partial charge on any atom is -0.357 e. The molecule has 0 radical (unpaired) electrons. The molecular formula is C17H18ClN5O2. The Balaban J connectivity index is 1.73. The van der Waals surface area contributed by atoms with Crippen LogP contribution in [0.3, 0.4) is 0 Å². The van der Waals surface area contributed by atoms with Crippen LogP contribution in [0, 0.1) is 0 Å². The molecule has 25 heavy (non-hydrogen) atoms. The van der Waals surface area contributed by atoms with Gasteiger partial charge in [0.05, 0.1) is 10.7 Å². The highest BCUT2D eigenvalue weighted by molar-refractivity contribution is 6.33. The molecule has 2 heterocycles. The van der Waals surface area contributed by atoms with Crippen LogP contribution >= 0.6 is 11.6 Å². The zero-order valence-corrected chi connectivity index (χ0v) is 14.5. The molecular weight excluding hydrogens is 342 g/mol. The Morgan fingerprint density at radius 3 is 2.72 bits per heavy atom. The third-order valence-corrected chi connectivity index (χ3v) is 4.35. The Kier molecular flexibility index (Phi) is 5.14. The van der Waals surface area contributed by atoms with Gasteiger partial charge in [-0.1, -0.05) is 23.7 Å². The maximum absolute atomic E-state index is 12.8. The second-order valence-electron chi connectivity index (χ2n) is 5.66. The summed E-state index contributed by atoms with van der Waals surface area (Å²) in [5.74, 6) is 0.0845. The Labute approximate surface area is 150 Å². The van der Waals surface area contributed by atoms with Crippen molar-refractivity contribution in [3.63, 3.8) is 0 Å². The molecule has 1 unspecified atom stereocenters. The molecule has 8 heteroatoms. The second-order valence-corrected chi connectivity index (χ2v) is 6.07. The lowest BCUT2D eigenvalue weighted by molar-refractivity contribution is -0.120. The van der Waals surface area contributed by atoms with Gasteiger partial charge in [0.25, 0.3) is 5.91 Å². The Morgan fingerprint density at radius 2 is 2.04 bits per heavy atom. The van der Waals surface area contributed by atoms with Crippen molar-refractivity contribution >= 4 is 34.9 Å². The molecule has 0 bridgehead atoms. The number of hydrogen-bond acceptors (Lipinski definition) is 5. The maximum atomic E-state index is 12.8. The van der Waals surface area contributed by atoms with E-state index in [-0.39, 0.29) is 17.5 Å². The quantitative estimate of drug-likeness (QED) is 0.872. The van der Waals surface area contributed by atoms with Gasteiger partial charge in [0.1, 0.15) is 11.9 Å². The van der Waals surface area contributed by atoms with Crippen molar-refractivity contribution in [2.45, 2.75) is 18.9 Å². The van der Waals surface area contributed by atoms with Gasteiger partial charge in [-0.3, -0.25) is 9.59 Å². The summed E-state index contributed by atoms with van der Waals surface area (Å²) in [6.07, 6.45) is 1.54. The van der Waals surface area contributed by atoms with E-state index in [1.54, 1.807) is 23.1 Å². The van der Waals surface area contributed by atoms with Gasteiger partial charge in [-0.15, -0.1) is 10.2 Å². The number of piperidine rings is 1. The first-order valence-corrected chi connectivity index (χ1v) is 8.36. The topological polar surface area (TPSA) is 87.2 Å². The lowest BCUT2D eigenvalue weighted by atomic mass is 10.0. The normalized spacial score (nSPS) is 17.3. The predicted molar refractivity (Wildman–Crippen MR) is 95.9 cm³/mol. The Hall–Kier alpha value is -2.67. The van der Waals surface area contributed by atoms with E-state index in [4.69, 9.17) is 11.6 Å². The first-order chi connectivity index (χ1) is 12.1. The van der Waals surface area contributed by atoms with Crippen LogP contribution in [0.2, 0.25) is 5.02 Å². The predicted octanol–water partition coefficient (Wildman–Crippen LogP) is 2.10. The van der Waals surface area contributed by atoms with Crippen molar-refractivity contribution in [3.05, 3.63) is 47.1 Å². The summed E-state index contributed by atoms with van der Waals surface area (Å²) in [4.78, 5) is 26.0. The molecule has 1 atom stereocenters. The first kappa shape index (κ1) is 17.2. The summed E-state index contributed by atoms with van der Waals surface area (Å²) >= 11 is 6.22. The number of anilines is 2. The third kappa shape index (κ3) is 3.71. The number of rotatable bonds is 4. The van der Waals surface area contributed by atoms with E-state index in [2.05, 4.69) is 20.8 Å². The van der Waals surface area contributed by atoms with Crippen molar-refractivity contribution < 1.29 is 9.59 Å². The van der Waals surface area contributed by atoms with Crippen LogP contribution in [0.25, 0.3) is 0 Å². The van der Waals surface area contributed by atoms with Crippen LogP contribution in [0.4, 0.5) is 11.5 Å². The number of nitrogens with one attached hydrogen (secondary N) is 2. The highest BCUT2D eigenvalue weighted by Gasteiger charge is 2.30. The monoisotopic (exact) mass is 359 g/mol. The summed E-state index contributed by atoms with van der Waals surface area (Å²) in [5, 5.41) is 14.0. The summed E-state index contributed by atoms with van der Waals surface area (Å²) in [5.41, 5.74) is 0.933. The van der Waals surface area contributed by atoms with Crippen LogP contribution in [0.5, 0.6) is 0 Å². The van der Waals surface area contributed by atoms with Gasteiger partial charge >= 0.3 is 0 Å². The molecule has 1 saturated heterocycles. The number of hydrogen-bond donors (Lipinski definition) is 2. The van der Waals surface area contributed by atoms with E-state index in [1.807, 2.05) is 18.2 Å². The maximum Gasteiger partial charge on any atom is 0.271 e. The van der Waals surface area contributed by atoms with Crippen LogP contribution in [0.15, 0.2) is 36.4 Å². The molecule has 0 spiro atoms. The average Bonchev–Trinajstić information content (AvgIpc) is 2.64. The van der Waals surface area contributed by atoms with Gasteiger partial charge < -0.3 is 15.5 Å². The van der Waals surface area contributed by atoms with E-state index in [0.717, 1.165) is 6.42 Å². The minimum absolute atomic E-state index is 0.0588. The molecule has 1 fully saturated rings. The molecule has 2 N–H and O–H groups in total. The summed E-state index contributed by atoms with van der Waals surface area (Å²) in [6.45, 7) is 0.627. The molecule has 1 aromatic heterocycles. The van der Waals surface area contributed by atoms with Gasteiger partial charge in [-0.05, 0) is 37.1 Å². The number of aromatic nitrogens is 2. The van der Waals surface area contributed by atoms with Gasteiger partial charge in [-0.2, -0.15) is 0 Å². The number of amides is 2. The Bertz CT molecular complexity index is 781. The van der Waals surface area contributed by atoms with Crippen LogP contribution < -0.4 is 15.5 Å². The average molecular weight is 360 g/mol. The molecule has 2 amide bonds. The number of benzene rings is 1. The van der Waals surface area contributed by atoms with Gasteiger partial charge in [0.2, 0.25) is 5.91 Å². The molecule has 0 aliphatic carbocycles. The molecule has 1 aromatic carbocycles. The van der Waals surface area contributed by atoms with Crippen LogP contribution in [-0.4, -0.2) is 41.6 Å².